The molecule has 2 fully saturated rings. The standard InChI is InChI=1S/C19H23F3N8S/c1-13-10-24-17(25-15-9-14(2)27-31-15)26-16(13)28-11-18(12-28,3-4-23)29-5-7-30(8-6-29)19(20,21)22/h9-10H,3,5-8,11-12H2,1-2H3,(H,24,25,26). The van der Waals surface area contributed by atoms with Gasteiger partial charge in [-0.1, -0.05) is 0 Å². The summed E-state index contributed by atoms with van der Waals surface area (Å²) in [6.07, 6.45) is -2.30. The van der Waals surface area contributed by atoms with Crippen LogP contribution in [0.1, 0.15) is 17.7 Å². The van der Waals surface area contributed by atoms with E-state index in [1.807, 2.05) is 24.8 Å². The molecule has 12 heteroatoms. The van der Waals surface area contributed by atoms with Gasteiger partial charge in [0.15, 0.2) is 0 Å². The van der Waals surface area contributed by atoms with Crippen molar-refractivity contribution in [2.75, 3.05) is 49.5 Å². The van der Waals surface area contributed by atoms with E-state index < -0.39 is 11.8 Å². The Kier molecular flexibility index (Phi) is 5.76. The number of nitrogens with one attached hydrogen (secondary N) is 1. The van der Waals surface area contributed by atoms with Crippen molar-refractivity contribution >= 4 is 28.3 Å². The summed E-state index contributed by atoms with van der Waals surface area (Å²) in [7, 11) is 0. The number of rotatable bonds is 5. The molecule has 0 radical (unpaired) electrons. The highest BCUT2D eigenvalue weighted by atomic mass is 32.1. The number of aromatic nitrogens is 3. The lowest BCUT2D eigenvalue weighted by molar-refractivity contribution is -0.255. The topological polar surface area (TPSA) is 84.2 Å². The maximum Gasteiger partial charge on any atom is 0.460 e. The van der Waals surface area contributed by atoms with Crippen molar-refractivity contribution in [1.82, 2.24) is 24.1 Å². The molecule has 2 saturated heterocycles. The summed E-state index contributed by atoms with van der Waals surface area (Å²) in [5.41, 5.74) is 1.36. The first-order valence-electron chi connectivity index (χ1n) is 9.93. The molecule has 0 aromatic carbocycles. The number of alkyl halides is 3. The lowest BCUT2D eigenvalue weighted by atomic mass is 9.84. The van der Waals surface area contributed by atoms with Gasteiger partial charge >= 0.3 is 6.30 Å². The van der Waals surface area contributed by atoms with Crippen LogP contribution in [0.3, 0.4) is 0 Å². The van der Waals surface area contributed by atoms with Gasteiger partial charge in [0.05, 0.1) is 23.7 Å². The second-order valence-corrected chi connectivity index (χ2v) is 8.82. The van der Waals surface area contributed by atoms with Gasteiger partial charge in [0.25, 0.3) is 0 Å². The van der Waals surface area contributed by atoms with Gasteiger partial charge in [0.1, 0.15) is 10.8 Å². The molecule has 0 bridgehead atoms. The molecule has 2 aliphatic rings. The molecule has 4 rings (SSSR count). The fourth-order valence-corrected chi connectivity index (χ4v) is 4.82. The zero-order valence-corrected chi connectivity index (χ0v) is 18.1. The number of halogens is 3. The second-order valence-electron chi connectivity index (χ2n) is 8.01. The zero-order chi connectivity index (χ0) is 22.2. The Morgan fingerprint density at radius 3 is 2.52 bits per heavy atom. The molecule has 31 heavy (non-hydrogen) atoms. The predicted molar refractivity (Wildman–Crippen MR) is 111 cm³/mol. The fraction of sp³-hybridized carbons (Fsp3) is 0.579. The summed E-state index contributed by atoms with van der Waals surface area (Å²) in [6, 6.07) is 4.14. The lowest BCUT2D eigenvalue weighted by Crippen LogP contribution is -2.73. The molecule has 2 aromatic heterocycles. The molecule has 4 heterocycles. The third-order valence-electron chi connectivity index (χ3n) is 5.80. The highest BCUT2D eigenvalue weighted by Crippen LogP contribution is 2.37. The Hall–Kier alpha value is -2.49. The van der Waals surface area contributed by atoms with Crippen molar-refractivity contribution < 1.29 is 13.2 Å². The van der Waals surface area contributed by atoms with E-state index in [2.05, 4.69) is 30.6 Å². The number of piperazine rings is 1. The Bertz CT molecular complexity index is 971. The molecule has 0 amide bonds. The number of hydrogen-bond donors (Lipinski definition) is 1. The Morgan fingerprint density at radius 1 is 1.23 bits per heavy atom. The Labute approximate surface area is 182 Å². The van der Waals surface area contributed by atoms with Crippen molar-refractivity contribution in [3.63, 3.8) is 0 Å². The molecular weight excluding hydrogens is 429 g/mol. The summed E-state index contributed by atoms with van der Waals surface area (Å²) >= 11 is 1.33. The third kappa shape index (κ3) is 4.44. The zero-order valence-electron chi connectivity index (χ0n) is 17.3. The lowest BCUT2D eigenvalue weighted by Gasteiger charge is -2.57. The van der Waals surface area contributed by atoms with Gasteiger partial charge in [-0.3, -0.25) is 4.90 Å². The number of nitrogens with zero attached hydrogens (tertiary/aromatic N) is 7. The average molecular weight is 453 g/mol. The van der Waals surface area contributed by atoms with E-state index in [0.29, 0.717) is 23.9 Å². The van der Waals surface area contributed by atoms with E-state index >= 15 is 0 Å². The highest BCUT2D eigenvalue weighted by Gasteiger charge is 2.50. The van der Waals surface area contributed by atoms with E-state index in [9.17, 15) is 18.4 Å². The molecule has 0 unspecified atom stereocenters. The van der Waals surface area contributed by atoms with Crippen molar-refractivity contribution in [2.45, 2.75) is 32.1 Å². The van der Waals surface area contributed by atoms with Gasteiger partial charge in [0.2, 0.25) is 5.95 Å². The second kappa shape index (κ2) is 8.22. The summed E-state index contributed by atoms with van der Waals surface area (Å²) in [6.45, 7) is 5.34. The van der Waals surface area contributed by atoms with Crippen molar-refractivity contribution in [2.24, 2.45) is 0 Å². The van der Waals surface area contributed by atoms with Crippen LogP contribution in [0.2, 0.25) is 0 Å². The normalized spacial score (nSPS) is 19.7. The maximum atomic E-state index is 13.0. The van der Waals surface area contributed by atoms with Gasteiger partial charge < -0.3 is 10.2 Å². The van der Waals surface area contributed by atoms with Gasteiger partial charge in [-0.25, -0.2) is 9.88 Å². The number of hydrogen-bond acceptors (Lipinski definition) is 9. The molecule has 0 aliphatic carbocycles. The van der Waals surface area contributed by atoms with E-state index in [1.54, 1.807) is 6.20 Å². The highest BCUT2D eigenvalue weighted by molar-refractivity contribution is 7.10. The molecule has 166 valence electrons. The SMILES string of the molecule is Cc1cc(Nc2ncc(C)c(N3CC(CC#N)(N4CCN(C(F)(F)F)CC4)C3)n2)sn1. The van der Waals surface area contributed by atoms with Gasteiger partial charge in [-0.15, -0.1) is 0 Å². The summed E-state index contributed by atoms with van der Waals surface area (Å²) in [5, 5.41) is 13.4. The van der Waals surface area contributed by atoms with E-state index in [-0.39, 0.29) is 32.6 Å². The number of nitriles is 1. The minimum atomic E-state index is -4.31. The minimum Gasteiger partial charge on any atom is -0.352 e. The monoisotopic (exact) mass is 452 g/mol. The molecule has 0 saturated carbocycles. The largest absolute Gasteiger partial charge is 0.460 e. The first kappa shape index (κ1) is 21.7. The van der Waals surface area contributed by atoms with Crippen molar-refractivity contribution in [3.05, 3.63) is 23.5 Å². The van der Waals surface area contributed by atoms with Crippen LogP contribution in [0, 0.1) is 25.2 Å². The van der Waals surface area contributed by atoms with Crippen molar-refractivity contribution in [1.29, 1.82) is 5.26 Å². The van der Waals surface area contributed by atoms with Crippen LogP contribution in [0.5, 0.6) is 0 Å². The van der Waals surface area contributed by atoms with Crippen LogP contribution >= 0.6 is 11.5 Å². The van der Waals surface area contributed by atoms with Crippen LogP contribution in [-0.4, -0.2) is 75.2 Å². The summed E-state index contributed by atoms with van der Waals surface area (Å²) < 4.78 is 43.1. The minimum absolute atomic E-state index is 0.0778. The van der Waals surface area contributed by atoms with Gasteiger partial charge in [-0.2, -0.15) is 27.8 Å². The molecular formula is C19H23F3N8S. The summed E-state index contributed by atoms with van der Waals surface area (Å²) in [4.78, 5) is 13.6. The summed E-state index contributed by atoms with van der Waals surface area (Å²) in [5.74, 6) is 1.22. The molecule has 0 spiro atoms. The van der Waals surface area contributed by atoms with Gasteiger partial charge in [-0.05, 0) is 31.4 Å². The molecule has 2 aromatic rings. The average Bonchev–Trinajstić information content (AvgIpc) is 3.10. The van der Waals surface area contributed by atoms with E-state index in [0.717, 1.165) is 22.1 Å². The van der Waals surface area contributed by atoms with Crippen LogP contribution in [0.25, 0.3) is 0 Å². The van der Waals surface area contributed by atoms with Crippen LogP contribution < -0.4 is 10.2 Å². The predicted octanol–water partition coefficient (Wildman–Crippen LogP) is 2.90. The van der Waals surface area contributed by atoms with E-state index in [1.165, 1.54) is 11.5 Å². The Balaban J connectivity index is 1.45. The molecule has 1 N–H and O–H groups in total. The first-order valence-corrected chi connectivity index (χ1v) is 10.7. The molecule has 2 aliphatic heterocycles. The number of aryl methyl sites for hydroxylation is 2. The number of anilines is 3. The van der Waals surface area contributed by atoms with Gasteiger partial charge in [0, 0.05) is 51.0 Å². The fourth-order valence-electron chi connectivity index (χ4n) is 4.17. The van der Waals surface area contributed by atoms with Crippen LogP contribution in [-0.2, 0) is 0 Å². The third-order valence-corrected chi connectivity index (χ3v) is 6.59. The molecule has 0 atom stereocenters. The van der Waals surface area contributed by atoms with Crippen LogP contribution in [0.4, 0.5) is 29.9 Å². The molecule has 8 nitrogen and oxygen atoms in total. The Morgan fingerprint density at radius 2 is 1.94 bits per heavy atom. The van der Waals surface area contributed by atoms with E-state index in [4.69, 9.17) is 0 Å². The van der Waals surface area contributed by atoms with Crippen LogP contribution in [0.15, 0.2) is 12.3 Å². The smallest absolute Gasteiger partial charge is 0.352 e. The first-order chi connectivity index (χ1) is 14.7. The van der Waals surface area contributed by atoms with Crippen molar-refractivity contribution in [3.8, 4) is 6.07 Å². The maximum absolute atomic E-state index is 13.0. The quantitative estimate of drug-likeness (QED) is 0.694.